The van der Waals surface area contributed by atoms with E-state index in [0.717, 1.165) is 11.3 Å². The monoisotopic (exact) mass is 245 g/mol. The lowest BCUT2D eigenvalue weighted by molar-refractivity contribution is 0.933. The fourth-order valence-corrected chi connectivity index (χ4v) is 2.37. The van der Waals surface area contributed by atoms with Crippen LogP contribution in [-0.4, -0.2) is 0 Å². The molecule has 4 heteroatoms. The fraction of sp³-hybridized carbons (Fsp3) is 0.300. The van der Waals surface area contributed by atoms with Crippen molar-refractivity contribution in [2.24, 2.45) is 0 Å². The first-order valence-electron chi connectivity index (χ1n) is 4.23. The molecule has 0 aliphatic heterocycles. The zero-order valence-corrected chi connectivity index (χ0v) is 10.0. The molecule has 0 spiro atoms. The Hall–Kier alpha value is -0.490. The molecule has 14 heavy (non-hydrogen) atoms. The van der Waals surface area contributed by atoms with Gasteiger partial charge in [0.1, 0.15) is 0 Å². The quantitative estimate of drug-likeness (QED) is 0.710. The van der Waals surface area contributed by atoms with Gasteiger partial charge in [0.2, 0.25) is 0 Å². The molecule has 1 aromatic rings. The molecular weight excluding hydrogens is 237 g/mol. The first kappa shape index (κ1) is 11.6. The van der Waals surface area contributed by atoms with E-state index in [1.54, 1.807) is 6.07 Å². The molecule has 0 saturated heterocycles. The zero-order valence-electron chi connectivity index (χ0n) is 7.68. The number of nitriles is 1. The first-order valence-corrected chi connectivity index (χ1v) is 5.80. The van der Waals surface area contributed by atoms with Gasteiger partial charge in [-0.05, 0) is 18.6 Å². The van der Waals surface area contributed by atoms with E-state index in [4.69, 9.17) is 28.5 Å². The minimum Gasteiger partial charge on any atom is -0.193 e. The van der Waals surface area contributed by atoms with Crippen LogP contribution in [0.15, 0.2) is 17.7 Å². The Labute approximate surface area is 97.6 Å². The number of hydrogen-bond donors (Lipinski definition) is 0. The molecule has 0 bridgehead atoms. The molecule has 0 fully saturated rings. The maximum Gasteiger partial charge on any atom is 0.0963 e. The lowest BCUT2D eigenvalue weighted by Crippen LogP contribution is -1.81. The molecule has 0 aromatic carbocycles. The zero-order chi connectivity index (χ0) is 10.6. The summed E-state index contributed by atoms with van der Waals surface area (Å²) in [6, 6.07) is 5.74. The Balaban J connectivity index is 3.02. The summed E-state index contributed by atoms with van der Waals surface area (Å²) in [5.74, 6) is 0. The molecule has 1 rings (SSSR count). The predicted molar refractivity (Wildman–Crippen MR) is 62.6 cm³/mol. The van der Waals surface area contributed by atoms with Gasteiger partial charge in [-0.15, -0.1) is 11.3 Å². The second kappa shape index (κ2) is 5.41. The molecular formula is C10H9Cl2NS. The standard InChI is InChI=1S/C10H9Cl2NS/c1-2-3-7(6-13)10(12)8-4-5-9(11)14-8/h4-5H,2-3H2,1H3. The normalized spacial score (nSPS) is 12.1. The van der Waals surface area contributed by atoms with Gasteiger partial charge >= 0.3 is 0 Å². The van der Waals surface area contributed by atoms with Gasteiger partial charge in [0.15, 0.2) is 0 Å². The Morgan fingerprint density at radius 3 is 2.71 bits per heavy atom. The summed E-state index contributed by atoms with van der Waals surface area (Å²) >= 11 is 13.2. The van der Waals surface area contributed by atoms with Crippen molar-refractivity contribution in [3.05, 3.63) is 26.9 Å². The Bertz CT molecular complexity index is 387. The third-order valence-corrected chi connectivity index (χ3v) is 3.48. The van der Waals surface area contributed by atoms with Crippen LogP contribution in [0.25, 0.3) is 5.03 Å². The van der Waals surface area contributed by atoms with E-state index in [1.807, 2.05) is 13.0 Å². The van der Waals surface area contributed by atoms with E-state index in [9.17, 15) is 0 Å². The summed E-state index contributed by atoms with van der Waals surface area (Å²) in [4.78, 5) is 0.863. The van der Waals surface area contributed by atoms with Crippen LogP contribution in [0, 0.1) is 11.3 Å². The number of hydrogen-bond acceptors (Lipinski definition) is 2. The molecule has 74 valence electrons. The first-order chi connectivity index (χ1) is 6.69. The smallest absolute Gasteiger partial charge is 0.0963 e. The molecule has 0 unspecified atom stereocenters. The molecule has 0 saturated carbocycles. The fourth-order valence-electron chi connectivity index (χ4n) is 1.05. The summed E-state index contributed by atoms with van der Waals surface area (Å²) in [6.07, 6.45) is 1.63. The van der Waals surface area contributed by atoms with Crippen LogP contribution in [0.5, 0.6) is 0 Å². The van der Waals surface area contributed by atoms with Crippen molar-refractivity contribution >= 4 is 39.6 Å². The van der Waals surface area contributed by atoms with Crippen LogP contribution in [0.1, 0.15) is 24.6 Å². The summed E-state index contributed by atoms with van der Waals surface area (Å²) in [6.45, 7) is 2.02. The molecule has 1 aromatic heterocycles. The topological polar surface area (TPSA) is 23.8 Å². The largest absolute Gasteiger partial charge is 0.193 e. The third-order valence-electron chi connectivity index (χ3n) is 1.69. The van der Waals surface area contributed by atoms with Crippen LogP contribution in [0.2, 0.25) is 4.34 Å². The van der Waals surface area contributed by atoms with Gasteiger partial charge in [-0.25, -0.2) is 0 Å². The van der Waals surface area contributed by atoms with Crippen LogP contribution >= 0.6 is 34.5 Å². The van der Waals surface area contributed by atoms with Crippen LogP contribution in [-0.2, 0) is 0 Å². The second-order valence-corrected chi connectivity index (χ2v) is 4.85. The number of nitrogens with zero attached hydrogens (tertiary/aromatic N) is 1. The Kier molecular flexibility index (Phi) is 4.47. The van der Waals surface area contributed by atoms with Crippen molar-refractivity contribution in [2.75, 3.05) is 0 Å². The Morgan fingerprint density at radius 1 is 1.57 bits per heavy atom. The van der Waals surface area contributed by atoms with Gasteiger partial charge in [-0.1, -0.05) is 36.5 Å². The highest BCUT2D eigenvalue weighted by Crippen LogP contribution is 2.32. The highest BCUT2D eigenvalue weighted by atomic mass is 35.5. The summed E-state index contributed by atoms with van der Waals surface area (Å²) in [5, 5.41) is 9.41. The van der Waals surface area contributed by atoms with Crippen LogP contribution < -0.4 is 0 Å². The third kappa shape index (κ3) is 2.75. The number of halogens is 2. The molecule has 0 radical (unpaired) electrons. The van der Waals surface area contributed by atoms with E-state index >= 15 is 0 Å². The maximum atomic E-state index is 8.87. The molecule has 0 aliphatic carbocycles. The number of thiophene rings is 1. The molecule has 1 heterocycles. The van der Waals surface area contributed by atoms with Crippen molar-refractivity contribution in [3.63, 3.8) is 0 Å². The molecule has 0 atom stereocenters. The van der Waals surface area contributed by atoms with Crippen LogP contribution in [0.4, 0.5) is 0 Å². The Morgan fingerprint density at radius 2 is 2.29 bits per heavy atom. The average molecular weight is 246 g/mol. The van der Waals surface area contributed by atoms with E-state index in [-0.39, 0.29) is 0 Å². The lowest BCUT2D eigenvalue weighted by atomic mass is 10.1. The molecule has 0 aliphatic rings. The minimum absolute atomic E-state index is 0.534. The van der Waals surface area contributed by atoms with Gasteiger partial charge in [0.05, 0.1) is 15.4 Å². The SMILES string of the molecule is CCCC(C#N)=C(Cl)c1ccc(Cl)s1. The van der Waals surface area contributed by atoms with Crippen molar-refractivity contribution in [1.82, 2.24) is 0 Å². The van der Waals surface area contributed by atoms with Gasteiger partial charge in [-0.2, -0.15) is 5.26 Å². The van der Waals surface area contributed by atoms with E-state index < -0.39 is 0 Å². The van der Waals surface area contributed by atoms with Crippen molar-refractivity contribution in [3.8, 4) is 6.07 Å². The van der Waals surface area contributed by atoms with Gasteiger partial charge < -0.3 is 0 Å². The second-order valence-electron chi connectivity index (χ2n) is 2.76. The van der Waals surface area contributed by atoms with Gasteiger partial charge in [0.25, 0.3) is 0 Å². The van der Waals surface area contributed by atoms with E-state index in [0.29, 0.717) is 21.4 Å². The van der Waals surface area contributed by atoms with Crippen molar-refractivity contribution in [2.45, 2.75) is 19.8 Å². The highest BCUT2D eigenvalue weighted by Gasteiger charge is 2.08. The number of allylic oxidation sites excluding steroid dienone is 1. The van der Waals surface area contributed by atoms with Crippen LogP contribution in [0.3, 0.4) is 0 Å². The summed E-state index contributed by atoms with van der Waals surface area (Å²) < 4.78 is 0.687. The van der Waals surface area contributed by atoms with Gasteiger partial charge in [0, 0.05) is 10.5 Å². The number of rotatable bonds is 3. The summed E-state index contributed by atoms with van der Waals surface area (Å²) in [7, 11) is 0. The molecule has 0 N–H and O–H groups in total. The lowest BCUT2D eigenvalue weighted by Gasteiger charge is -1.98. The predicted octanol–water partition coefficient (Wildman–Crippen LogP) is 4.68. The summed E-state index contributed by atoms with van der Waals surface area (Å²) in [5.41, 5.74) is 0.632. The van der Waals surface area contributed by atoms with E-state index in [1.165, 1.54) is 11.3 Å². The maximum absolute atomic E-state index is 8.87. The van der Waals surface area contributed by atoms with Crippen molar-refractivity contribution < 1.29 is 0 Å². The van der Waals surface area contributed by atoms with Crippen molar-refractivity contribution in [1.29, 1.82) is 5.26 Å². The van der Waals surface area contributed by atoms with E-state index in [2.05, 4.69) is 6.07 Å². The molecule has 0 amide bonds. The minimum atomic E-state index is 0.534. The molecule has 1 nitrogen and oxygen atoms in total. The average Bonchev–Trinajstić information content (AvgIpc) is 2.60. The highest BCUT2D eigenvalue weighted by molar-refractivity contribution is 7.17. The van der Waals surface area contributed by atoms with Gasteiger partial charge in [-0.3, -0.25) is 0 Å².